The van der Waals surface area contributed by atoms with Gasteiger partial charge < -0.3 is 39.0 Å². The molecule has 10 nitrogen and oxygen atoms in total. The standard InChI is InChI=1S/C25H28O6.C15H14O4/c1-24(2)9-8-16-20(30-24)7-6-14(23(16)29-5)11-18(26)17-10-15-12-22(28)25(3,4)31-21(15)13-19(17)27;1-18-11-8-12(16)14(13(9-11)19-2)15(17)10-6-4-3-5-7-10/h6-10,13,22,27-28H,11-12H2,1-5H3;3-9,16H,1-2H3. The number of carbonyl (C=O) groups excluding carboxylic acids is 2. The molecule has 2 heterocycles. The molecule has 0 amide bonds. The average Bonchev–Trinajstić information content (AvgIpc) is 3.08. The zero-order valence-electron chi connectivity index (χ0n) is 29.2. The lowest BCUT2D eigenvalue weighted by molar-refractivity contribution is -0.0412. The van der Waals surface area contributed by atoms with Crippen molar-refractivity contribution >= 4 is 17.6 Å². The van der Waals surface area contributed by atoms with Crippen LogP contribution in [0, 0.1) is 0 Å². The zero-order chi connectivity index (χ0) is 36.4. The zero-order valence-corrected chi connectivity index (χ0v) is 29.2. The van der Waals surface area contributed by atoms with Gasteiger partial charge in [0.25, 0.3) is 0 Å². The Morgan fingerprint density at radius 1 is 0.840 bits per heavy atom. The van der Waals surface area contributed by atoms with Crippen molar-refractivity contribution in [1.29, 1.82) is 0 Å². The first kappa shape index (κ1) is 35.8. The smallest absolute Gasteiger partial charge is 0.200 e. The van der Waals surface area contributed by atoms with Crippen LogP contribution in [0.2, 0.25) is 0 Å². The average molecular weight is 683 g/mol. The molecular formula is C40H42O10. The largest absolute Gasteiger partial charge is 0.507 e. The lowest BCUT2D eigenvalue weighted by Gasteiger charge is -2.37. The third-order valence-corrected chi connectivity index (χ3v) is 8.66. The summed E-state index contributed by atoms with van der Waals surface area (Å²) >= 11 is 0. The van der Waals surface area contributed by atoms with E-state index >= 15 is 0 Å². The monoisotopic (exact) mass is 682 g/mol. The highest BCUT2D eigenvalue weighted by Crippen LogP contribution is 2.41. The molecule has 0 bridgehead atoms. The first-order valence-corrected chi connectivity index (χ1v) is 16.1. The van der Waals surface area contributed by atoms with E-state index in [0.29, 0.717) is 46.1 Å². The number of aliphatic hydroxyl groups excluding tert-OH is 1. The van der Waals surface area contributed by atoms with Crippen molar-refractivity contribution in [1.82, 2.24) is 0 Å². The number of ketones is 2. The van der Waals surface area contributed by atoms with Gasteiger partial charge in [0, 0.05) is 42.2 Å². The second-order valence-electron chi connectivity index (χ2n) is 13.1. The van der Waals surface area contributed by atoms with Crippen molar-refractivity contribution in [2.24, 2.45) is 0 Å². The number of aliphatic hydroxyl groups is 1. The minimum Gasteiger partial charge on any atom is -0.507 e. The number of ether oxygens (including phenoxy) is 5. The summed E-state index contributed by atoms with van der Waals surface area (Å²) in [5, 5.41) is 30.8. The van der Waals surface area contributed by atoms with Crippen LogP contribution in [-0.4, -0.2) is 65.5 Å². The Kier molecular flexibility index (Phi) is 10.1. The summed E-state index contributed by atoms with van der Waals surface area (Å²) in [5.74, 6) is 1.63. The molecule has 2 aliphatic heterocycles. The first-order valence-electron chi connectivity index (χ1n) is 16.1. The number of phenols is 2. The summed E-state index contributed by atoms with van der Waals surface area (Å²) in [6.07, 6.45) is 3.59. The Morgan fingerprint density at radius 2 is 1.56 bits per heavy atom. The Morgan fingerprint density at radius 3 is 2.22 bits per heavy atom. The second kappa shape index (κ2) is 14.2. The van der Waals surface area contributed by atoms with Crippen LogP contribution in [-0.2, 0) is 12.8 Å². The number of methoxy groups -OCH3 is 3. The van der Waals surface area contributed by atoms with Gasteiger partial charge in [-0.25, -0.2) is 0 Å². The van der Waals surface area contributed by atoms with Gasteiger partial charge in [0.05, 0.1) is 38.6 Å². The molecule has 0 aromatic heterocycles. The Labute approximate surface area is 291 Å². The van der Waals surface area contributed by atoms with E-state index in [2.05, 4.69) is 0 Å². The number of rotatable bonds is 8. The molecule has 0 aliphatic carbocycles. The summed E-state index contributed by atoms with van der Waals surface area (Å²) in [7, 11) is 4.48. The van der Waals surface area contributed by atoms with Gasteiger partial charge in [-0.1, -0.05) is 36.4 Å². The molecular weight excluding hydrogens is 640 g/mol. The van der Waals surface area contributed by atoms with Crippen molar-refractivity contribution in [2.75, 3.05) is 21.3 Å². The number of Topliss-reactive ketones (excluding diaryl/α,β-unsaturated/α-hetero) is 1. The van der Waals surface area contributed by atoms with Crippen molar-refractivity contribution in [3.63, 3.8) is 0 Å². The van der Waals surface area contributed by atoms with E-state index in [-0.39, 0.29) is 46.4 Å². The van der Waals surface area contributed by atoms with Gasteiger partial charge in [0.2, 0.25) is 5.78 Å². The van der Waals surface area contributed by atoms with Gasteiger partial charge in [-0.15, -0.1) is 0 Å². The molecule has 2 aliphatic rings. The van der Waals surface area contributed by atoms with Crippen molar-refractivity contribution in [3.8, 4) is 40.2 Å². The molecule has 6 rings (SSSR count). The fraction of sp³-hybridized carbons (Fsp3) is 0.300. The van der Waals surface area contributed by atoms with Crippen LogP contribution in [0.3, 0.4) is 0 Å². The molecule has 0 spiro atoms. The molecule has 50 heavy (non-hydrogen) atoms. The number of fused-ring (bicyclic) bond motifs is 2. The Hall–Kier alpha value is -5.48. The van der Waals surface area contributed by atoms with E-state index in [0.717, 1.165) is 5.56 Å². The normalized spacial score (nSPS) is 16.3. The topological polar surface area (TPSA) is 141 Å². The van der Waals surface area contributed by atoms with Gasteiger partial charge in [0.1, 0.15) is 57.0 Å². The molecule has 0 saturated carbocycles. The maximum atomic E-state index is 13.1. The van der Waals surface area contributed by atoms with Crippen LogP contribution < -0.4 is 23.7 Å². The van der Waals surface area contributed by atoms with Crippen molar-refractivity contribution in [2.45, 2.75) is 57.8 Å². The summed E-state index contributed by atoms with van der Waals surface area (Å²) in [5.41, 5.74) is 1.84. The summed E-state index contributed by atoms with van der Waals surface area (Å²) < 4.78 is 27.6. The third kappa shape index (κ3) is 7.40. The highest BCUT2D eigenvalue weighted by atomic mass is 16.5. The predicted octanol–water partition coefficient (Wildman–Crippen LogP) is 6.73. The van der Waals surface area contributed by atoms with E-state index < -0.39 is 17.3 Å². The highest BCUT2D eigenvalue weighted by molar-refractivity contribution is 6.12. The fourth-order valence-electron chi connectivity index (χ4n) is 5.84. The van der Waals surface area contributed by atoms with Crippen LogP contribution in [0.4, 0.5) is 0 Å². The van der Waals surface area contributed by atoms with E-state index in [1.54, 1.807) is 57.4 Å². The maximum Gasteiger partial charge on any atom is 0.200 e. The second-order valence-corrected chi connectivity index (χ2v) is 13.1. The van der Waals surface area contributed by atoms with Crippen LogP contribution in [0.5, 0.6) is 40.2 Å². The fourth-order valence-corrected chi connectivity index (χ4v) is 5.84. The van der Waals surface area contributed by atoms with Crippen LogP contribution >= 0.6 is 0 Å². The lowest BCUT2D eigenvalue weighted by Crippen LogP contribution is -2.46. The number of benzene rings is 4. The summed E-state index contributed by atoms with van der Waals surface area (Å²) in [6, 6.07) is 18.4. The lowest BCUT2D eigenvalue weighted by atomic mass is 9.89. The van der Waals surface area contributed by atoms with E-state index in [9.17, 15) is 24.9 Å². The number of phenolic OH excluding ortho intramolecular Hbond substituents is 2. The number of aromatic hydroxyl groups is 2. The van der Waals surface area contributed by atoms with E-state index in [4.69, 9.17) is 23.7 Å². The predicted molar refractivity (Wildman–Crippen MR) is 188 cm³/mol. The van der Waals surface area contributed by atoms with Crippen molar-refractivity contribution < 1.29 is 48.6 Å². The summed E-state index contributed by atoms with van der Waals surface area (Å²) in [4.78, 5) is 25.5. The quantitative estimate of drug-likeness (QED) is 0.172. The van der Waals surface area contributed by atoms with E-state index in [1.807, 2.05) is 44.2 Å². The minimum absolute atomic E-state index is 0.0505. The third-order valence-electron chi connectivity index (χ3n) is 8.66. The molecule has 262 valence electrons. The van der Waals surface area contributed by atoms with Gasteiger partial charge >= 0.3 is 0 Å². The van der Waals surface area contributed by atoms with Crippen LogP contribution in [0.15, 0.2) is 72.8 Å². The molecule has 0 radical (unpaired) electrons. The number of carbonyl (C=O) groups is 2. The molecule has 4 aromatic rings. The van der Waals surface area contributed by atoms with Gasteiger partial charge in [-0.05, 0) is 57.5 Å². The Balaban J connectivity index is 0.000000219. The molecule has 1 unspecified atom stereocenters. The SMILES string of the molecule is COc1c(CC(=O)c2cc3c(cc2O)OC(C)(C)C(O)C3)ccc2c1C=CC(C)(C)O2.COc1cc(O)c(C(=O)c2ccccc2)c(OC)c1. The van der Waals surface area contributed by atoms with Gasteiger partial charge in [0.15, 0.2) is 5.78 Å². The molecule has 0 fully saturated rings. The molecule has 3 N–H and O–H groups in total. The summed E-state index contributed by atoms with van der Waals surface area (Å²) in [6.45, 7) is 7.52. The molecule has 0 saturated heterocycles. The van der Waals surface area contributed by atoms with Crippen molar-refractivity contribution in [3.05, 3.63) is 106 Å². The molecule has 1 atom stereocenters. The van der Waals surface area contributed by atoms with Gasteiger partial charge in [-0.2, -0.15) is 0 Å². The van der Waals surface area contributed by atoms with E-state index in [1.165, 1.54) is 26.4 Å². The van der Waals surface area contributed by atoms with Gasteiger partial charge in [-0.3, -0.25) is 9.59 Å². The van der Waals surface area contributed by atoms with Crippen LogP contribution in [0.25, 0.3) is 6.08 Å². The highest BCUT2D eigenvalue weighted by Gasteiger charge is 2.36. The molecule has 4 aromatic carbocycles. The maximum absolute atomic E-state index is 13.1. The number of hydrogen-bond donors (Lipinski definition) is 3. The minimum atomic E-state index is -0.758. The number of hydrogen-bond acceptors (Lipinski definition) is 10. The first-order chi connectivity index (χ1) is 23.7. The van der Waals surface area contributed by atoms with Crippen LogP contribution in [0.1, 0.15) is 70.7 Å². The Bertz CT molecular complexity index is 1940. The molecule has 10 heteroatoms.